The molecule has 3 rings (SSSR count). The third-order valence-corrected chi connectivity index (χ3v) is 4.27. The van der Waals surface area contributed by atoms with Crippen molar-refractivity contribution in [2.45, 2.75) is 0 Å². The molecule has 3 aromatic rings. The van der Waals surface area contributed by atoms with Gasteiger partial charge in [0.25, 0.3) is 0 Å². The number of nitrogens with one attached hydrogen (secondary N) is 1. The molecule has 0 spiro atoms. The number of halogens is 3. The Bertz CT molecular complexity index is 919. The molecule has 22 heavy (non-hydrogen) atoms. The van der Waals surface area contributed by atoms with E-state index in [-0.39, 0.29) is 0 Å². The van der Waals surface area contributed by atoms with E-state index in [1.54, 1.807) is 18.2 Å². The molecule has 0 aliphatic heterocycles. The van der Waals surface area contributed by atoms with Crippen molar-refractivity contribution in [3.8, 4) is 6.07 Å². The number of hydrogen-bond acceptors (Lipinski definition) is 3. The third-order valence-electron chi connectivity index (χ3n) is 3.15. The van der Waals surface area contributed by atoms with Crippen LogP contribution in [0, 0.1) is 11.3 Å². The molecule has 0 aliphatic rings. The lowest BCUT2D eigenvalue weighted by atomic mass is 10.1. The first kappa shape index (κ1) is 15.1. The predicted molar refractivity (Wildman–Crippen MR) is 93.9 cm³/mol. The molecule has 0 aliphatic carbocycles. The topological polar surface area (TPSA) is 48.7 Å². The van der Waals surface area contributed by atoms with Crippen LogP contribution in [0.25, 0.3) is 10.9 Å². The maximum Gasteiger partial charge on any atom is 0.126 e. The fraction of sp³-hybridized carbons (Fsp3) is 0. The Balaban J connectivity index is 2.23. The standard InChI is InChI=1S/C16H8BrCl2N3/c17-16-11(8-20)15(10-3-1-2-4-13(10)22-16)21-14-6-5-9(18)7-12(14)19/h1-7H,(H,21,22). The van der Waals surface area contributed by atoms with Gasteiger partial charge in [-0.15, -0.1) is 0 Å². The first-order valence-electron chi connectivity index (χ1n) is 6.30. The van der Waals surface area contributed by atoms with Gasteiger partial charge in [0.05, 0.1) is 21.9 Å². The van der Waals surface area contributed by atoms with Crippen molar-refractivity contribution in [1.29, 1.82) is 5.26 Å². The summed E-state index contributed by atoms with van der Waals surface area (Å²) in [6.45, 7) is 0. The number of para-hydroxylation sites is 1. The van der Waals surface area contributed by atoms with E-state index in [0.717, 1.165) is 10.9 Å². The highest BCUT2D eigenvalue weighted by Crippen LogP contribution is 2.35. The Labute approximate surface area is 145 Å². The summed E-state index contributed by atoms with van der Waals surface area (Å²) >= 11 is 15.5. The van der Waals surface area contributed by atoms with Gasteiger partial charge in [0, 0.05) is 10.4 Å². The van der Waals surface area contributed by atoms with E-state index in [1.807, 2.05) is 24.3 Å². The maximum absolute atomic E-state index is 9.44. The lowest BCUT2D eigenvalue weighted by molar-refractivity contribution is 1.31. The molecule has 1 aromatic heterocycles. The van der Waals surface area contributed by atoms with Crippen LogP contribution in [-0.4, -0.2) is 4.98 Å². The zero-order chi connectivity index (χ0) is 15.7. The van der Waals surface area contributed by atoms with Crippen LogP contribution in [0.3, 0.4) is 0 Å². The van der Waals surface area contributed by atoms with E-state index in [9.17, 15) is 5.26 Å². The minimum absolute atomic E-state index is 0.421. The van der Waals surface area contributed by atoms with Gasteiger partial charge >= 0.3 is 0 Å². The van der Waals surface area contributed by atoms with Gasteiger partial charge in [0.15, 0.2) is 0 Å². The van der Waals surface area contributed by atoms with Crippen LogP contribution in [0.15, 0.2) is 47.1 Å². The monoisotopic (exact) mass is 391 g/mol. The van der Waals surface area contributed by atoms with Gasteiger partial charge in [0.1, 0.15) is 16.2 Å². The molecule has 0 amide bonds. The van der Waals surface area contributed by atoms with Gasteiger partial charge in [-0.2, -0.15) is 5.26 Å². The minimum atomic E-state index is 0.421. The smallest absolute Gasteiger partial charge is 0.126 e. The predicted octanol–water partition coefficient (Wildman–Crippen LogP) is 5.92. The highest BCUT2D eigenvalue weighted by molar-refractivity contribution is 9.10. The summed E-state index contributed by atoms with van der Waals surface area (Å²) in [4.78, 5) is 4.39. The van der Waals surface area contributed by atoms with Crippen LogP contribution >= 0.6 is 39.1 Å². The highest BCUT2D eigenvalue weighted by Gasteiger charge is 2.14. The normalized spacial score (nSPS) is 10.5. The summed E-state index contributed by atoms with van der Waals surface area (Å²) in [5.41, 5.74) is 2.53. The molecule has 0 fully saturated rings. The Kier molecular flexibility index (Phi) is 4.21. The Morgan fingerprint density at radius 3 is 2.64 bits per heavy atom. The molecule has 6 heteroatoms. The molecule has 3 nitrogen and oxygen atoms in total. The van der Waals surface area contributed by atoms with Gasteiger partial charge < -0.3 is 5.32 Å². The average Bonchev–Trinajstić information content (AvgIpc) is 2.50. The lowest BCUT2D eigenvalue weighted by Gasteiger charge is -2.14. The van der Waals surface area contributed by atoms with E-state index in [0.29, 0.717) is 31.6 Å². The van der Waals surface area contributed by atoms with Crippen molar-refractivity contribution in [1.82, 2.24) is 4.98 Å². The van der Waals surface area contributed by atoms with E-state index < -0.39 is 0 Å². The fourth-order valence-electron chi connectivity index (χ4n) is 2.14. The number of rotatable bonds is 2. The molecule has 2 aromatic carbocycles. The molecule has 108 valence electrons. The second-order valence-electron chi connectivity index (χ2n) is 4.53. The van der Waals surface area contributed by atoms with Crippen LogP contribution < -0.4 is 5.32 Å². The number of aromatic nitrogens is 1. The highest BCUT2D eigenvalue weighted by atomic mass is 79.9. The lowest BCUT2D eigenvalue weighted by Crippen LogP contribution is -1.98. The third kappa shape index (κ3) is 2.76. The number of benzene rings is 2. The number of anilines is 2. The van der Waals surface area contributed by atoms with Crippen LogP contribution in [-0.2, 0) is 0 Å². The Morgan fingerprint density at radius 1 is 1.14 bits per heavy atom. The summed E-state index contributed by atoms with van der Waals surface area (Å²) in [7, 11) is 0. The van der Waals surface area contributed by atoms with E-state index in [1.165, 1.54) is 0 Å². The van der Waals surface area contributed by atoms with Crippen LogP contribution in [0.2, 0.25) is 10.0 Å². The molecule has 1 heterocycles. The van der Waals surface area contributed by atoms with Crippen LogP contribution in [0.5, 0.6) is 0 Å². The van der Waals surface area contributed by atoms with Gasteiger partial charge in [-0.05, 0) is 40.2 Å². The first-order valence-corrected chi connectivity index (χ1v) is 7.85. The number of fused-ring (bicyclic) bond motifs is 1. The van der Waals surface area contributed by atoms with Crippen molar-refractivity contribution in [3.63, 3.8) is 0 Å². The maximum atomic E-state index is 9.44. The summed E-state index contributed by atoms with van der Waals surface area (Å²) in [5.74, 6) is 0. The number of hydrogen-bond donors (Lipinski definition) is 1. The SMILES string of the molecule is N#Cc1c(Br)nc2ccccc2c1Nc1ccc(Cl)cc1Cl. The molecule has 0 saturated heterocycles. The Hall–Kier alpha value is -1.80. The quantitative estimate of drug-likeness (QED) is 0.550. The van der Waals surface area contributed by atoms with Gasteiger partial charge in [0.2, 0.25) is 0 Å². The summed E-state index contributed by atoms with van der Waals surface area (Å²) in [6.07, 6.45) is 0. The zero-order valence-corrected chi connectivity index (χ0v) is 14.2. The van der Waals surface area contributed by atoms with Crippen molar-refractivity contribution < 1.29 is 0 Å². The van der Waals surface area contributed by atoms with Gasteiger partial charge in [-0.25, -0.2) is 4.98 Å². The molecular weight excluding hydrogens is 385 g/mol. The van der Waals surface area contributed by atoms with Crippen LogP contribution in [0.4, 0.5) is 11.4 Å². The molecule has 0 radical (unpaired) electrons. The molecule has 0 atom stereocenters. The summed E-state index contributed by atoms with van der Waals surface area (Å²) in [5, 5.41) is 14.5. The molecule has 1 N–H and O–H groups in total. The molecule has 0 unspecified atom stereocenters. The van der Waals surface area contributed by atoms with Crippen molar-refractivity contribution >= 4 is 61.4 Å². The van der Waals surface area contributed by atoms with Crippen LogP contribution in [0.1, 0.15) is 5.56 Å². The number of nitrogens with zero attached hydrogens (tertiary/aromatic N) is 2. The molecular formula is C16H8BrCl2N3. The zero-order valence-electron chi connectivity index (χ0n) is 11.1. The van der Waals surface area contributed by atoms with Crippen molar-refractivity contribution in [3.05, 3.63) is 62.7 Å². The summed E-state index contributed by atoms with van der Waals surface area (Å²) in [6, 6.07) is 14.9. The second-order valence-corrected chi connectivity index (χ2v) is 6.13. The van der Waals surface area contributed by atoms with Crippen molar-refractivity contribution in [2.75, 3.05) is 5.32 Å². The van der Waals surface area contributed by atoms with E-state index in [4.69, 9.17) is 23.2 Å². The number of nitriles is 1. The average molecular weight is 393 g/mol. The van der Waals surface area contributed by atoms with E-state index in [2.05, 4.69) is 32.3 Å². The molecule has 0 saturated carbocycles. The van der Waals surface area contributed by atoms with Gasteiger partial charge in [-0.3, -0.25) is 0 Å². The summed E-state index contributed by atoms with van der Waals surface area (Å²) < 4.78 is 0.487. The van der Waals surface area contributed by atoms with Gasteiger partial charge in [-0.1, -0.05) is 41.4 Å². The van der Waals surface area contributed by atoms with Crippen molar-refractivity contribution in [2.24, 2.45) is 0 Å². The number of pyridine rings is 1. The first-order chi connectivity index (χ1) is 10.6. The molecule has 0 bridgehead atoms. The fourth-order valence-corrected chi connectivity index (χ4v) is 3.07. The Morgan fingerprint density at radius 2 is 1.91 bits per heavy atom. The second kappa shape index (κ2) is 6.13. The van der Waals surface area contributed by atoms with E-state index >= 15 is 0 Å². The largest absolute Gasteiger partial charge is 0.353 e. The minimum Gasteiger partial charge on any atom is -0.353 e.